The van der Waals surface area contributed by atoms with Crippen molar-refractivity contribution in [3.63, 3.8) is 0 Å². The van der Waals surface area contributed by atoms with Crippen molar-refractivity contribution >= 4 is 17.3 Å². The predicted molar refractivity (Wildman–Crippen MR) is 67.0 cm³/mol. The Hall–Kier alpha value is -0.350. The van der Waals surface area contributed by atoms with Crippen LogP contribution in [0.2, 0.25) is 0 Å². The summed E-state index contributed by atoms with van der Waals surface area (Å²) in [5.41, 5.74) is 0.0452. The summed E-state index contributed by atoms with van der Waals surface area (Å²) in [6.45, 7) is 6.08. The van der Waals surface area contributed by atoms with E-state index in [-0.39, 0.29) is 5.60 Å². The molecule has 88 valence electrons. The number of methoxy groups -OCH3 is 1. The first kappa shape index (κ1) is 12.7. The summed E-state index contributed by atoms with van der Waals surface area (Å²) in [5.74, 6) is 0.616. The third-order valence-corrected chi connectivity index (χ3v) is 3.23. The highest BCUT2D eigenvalue weighted by Crippen LogP contribution is 2.34. The third kappa shape index (κ3) is 3.95. The van der Waals surface area contributed by atoms with Crippen LogP contribution in [0.4, 0.5) is 0 Å². The summed E-state index contributed by atoms with van der Waals surface area (Å²) in [4.78, 5) is 0. The molecule has 0 spiro atoms. The Bertz CT molecular complexity index is 209. The molecule has 0 atom stereocenters. The van der Waals surface area contributed by atoms with Crippen LogP contribution in [0.1, 0.15) is 33.1 Å². The maximum absolute atomic E-state index is 5.50. The van der Waals surface area contributed by atoms with E-state index in [1.165, 1.54) is 6.42 Å². The van der Waals surface area contributed by atoms with Gasteiger partial charge in [0.05, 0.1) is 5.60 Å². The van der Waals surface area contributed by atoms with E-state index < -0.39 is 0 Å². The predicted octanol–water partition coefficient (Wildman–Crippen LogP) is 1.68. The van der Waals surface area contributed by atoms with Crippen molar-refractivity contribution in [2.24, 2.45) is 5.92 Å². The number of rotatable bonds is 5. The third-order valence-electron chi connectivity index (χ3n) is 2.94. The normalized spacial score (nSPS) is 18.4. The van der Waals surface area contributed by atoms with E-state index in [4.69, 9.17) is 17.0 Å². The summed E-state index contributed by atoms with van der Waals surface area (Å²) in [5, 5.41) is 7.16. The number of thiocarbonyl (C=S) groups is 1. The maximum Gasteiger partial charge on any atom is 0.166 e. The maximum atomic E-state index is 5.50. The number of nitrogens with one attached hydrogen (secondary N) is 2. The quantitative estimate of drug-likeness (QED) is 0.704. The molecule has 0 aliphatic heterocycles. The van der Waals surface area contributed by atoms with E-state index in [0.717, 1.165) is 31.0 Å². The van der Waals surface area contributed by atoms with Gasteiger partial charge in [0.2, 0.25) is 0 Å². The van der Waals surface area contributed by atoms with Gasteiger partial charge in [-0.25, -0.2) is 0 Å². The molecule has 1 aliphatic carbocycles. The van der Waals surface area contributed by atoms with E-state index in [9.17, 15) is 0 Å². The van der Waals surface area contributed by atoms with Crippen molar-refractivity contribution in [1.82, 2.24) is 10.6 Å². The second-order valence-electron chi connectivity index (χ2n) is 4.70. The molecule has 1 saturated carbocycles. The lowest BCUT2D eigenvalue weighted by Gasteiger charge is -2.40. The van der Waals surface area contributed by atoms with Gasteiger partial charge in [-0.15, -0.1) is 0 Å². The number of ether oxygens (including phenoxy) is 1. The zero-order valence-electron chi connectivity index (χ0n) is 9.93. The minimum Gasteiger partial charge on any atom is -0.376 e. The van der Waals surface area contributed by atoms with E-state index in [1.807, 2.05) is 0 Å². The first-order valence-corrected chi connectivity index (χ1v) is 6.06. The molecular weight excluding hydrogens is 208 g/mol. The highest BCUT2D eigenvalue weighted by Gasteiger charge is 2.36. The fourth-order valence-corrected chi connectivity index (χ4v) is 1.78. The molecule has 3 nitrogen and oxygen atoms in total. The van der Waals surface area contributed by atoms with Gasteiger partial charge < -0.3 is 15.4 Å². The molecule has 2 N–H and O–H groups in total. The molecule has 0 aromatic carbocycles. The molecule has 1 rings (SSSR count). The van der Waals surface area contributed by atoms with Crippen LogP contribution in [0.25, 0.3) is 0 Å². The van der Waals surface area contributed by atoms with Crippen molar-refractivity contribution in [3.05, 3.63) is 0 Å². The van der Waals surface area contributed by atoms with Crippen molar-refractivity contribution in [2.75, 3.05) is 20.2 Å². The van der Waals surface area contributed by atoms with E-state index in [1.54, 1.807) is 7.11 Å². The molecule has 4 heteroatoms. The summed E-state index contributed by atoms with van der Waals surface area (Å²) in [7, 11) is 1.78. The Morgan fingerprint density at radius 3 is 2.47 bits per heavy atom. The Morgan fingerprint density at radius 2 is 2.07 bits per heavy atom. The molecule has 1 aliphatic rings. The van der Waals surface area contributed by atoms with Gasteiger partial charge in [-0.1, -0.05) is 13.8 Å². The van der Waals surface area contributed by atoms with Crippen LogP contribution >= 0.6 is 12.2 Å². The lowest BCUT2D eigenvalue weighted by atomic mass is 9.80. The largest absolute Gasteiger partial charge is 0.376 e. The highest BCUT2D eigenvalue weighted by atomic mass is 32.1. The topological polar surface area (TPSA) is 33.3 Å². The summed E-state index contributed by atoms with van der Waals surface area (Å²) >= 11 is 5.18. The van der Waals surface area contributed by atoms with Crippen LogP contribution in [-0.4, -0.2) is 30.9 Å². The molecule has 0 heterocycles. The summed E-state index contributed by atoms with van der Waals surface area (Å²) < 4.78 is 5.50. The summed E-state index contributed by atoms with van der Waals surface area (Å²) in [6, 6.07) is 0. The minimum atomic E-state index is 0.0452. The first-order chi connectivity index (χ1) is 7.08. The lowest BCUT2D eigenvalue weighted by molar-refractivity contribution is -0.0665. The van der Waals surface area contributed by atoms with Gasteiger partial charge in [-0.05, 0) is 37.4 Å². The monoisotopic (exact) mass is 230 g/mol. The number of hydrogen-bond donors (Lipinski definition) is 2. The van der Waals surface area contributed by atoms with Crippen molar-refractivity contribution in [3.8, 4) is 0 Å². The van der Waals surface area contributed by atoms with Crippen molar-refractivity contribution in [2.45, 2.75) is 38.7 Å². The molecule has 0 aromatic heterocycles. The van der Waals surface area contributed by atoms with Crippen LogP contribution in [0.5, 0.6) is 0 Å². The van der Waals surface area contributed by atoms with Gasteiger partial charge in [-0.3, -0.25) is 0 Å². The van der Waals surface area contributed by atoms with Crippen LogP contribution in [0.15, 0.2) is 0 Å². The first-order valence-electron chi connectivity index (χ1n) is 5.65. The van der Waals surface area contributed by atoms with Crippen molar-refractivity contribution < 1.29 is 4.74 Å². The highest BCUT2D eigenvalue weighted by molar-refractivity contribution is 7.80. The van der Waals surface area contributed by atoms with Gasteiger partial charge in [0, 0.05) is 20.2 Å². The standard InChI is InChI=1S/C11H22N2OS/c1-9(2)7-12-10(15)13-8-11(14-3)5-4-6-11/h9H,4-8H2,1-3H3,(H2,12,13,15). The minimum absolute atomic E-state index is 0.0452. The fourth-order valence-electron chi connectivity index (χ4n) is 1.62. The Kier molecular flexibility index (Phi) is 4.80. The average Bonchev–Trinajstić information content (AvgIpc) is 2.14. The van der Waals surface area contributed by atoms with E-state index >= 15 is 0 Å². The van der Waals surface area contributed by atoms with Crippen LogP contribution in [-0.2, 0) is 4.74 Å². The molecule has 0 aromatic rings. The molecule has 0 bridgehead atoms. The Labute approximate surface area is 98.0 Å². The molecule has 0 amide bonds. The second-order valence-corrected chi connectivity index (χ2v) is 5.11. The van der Waals surface area contributed by atoms with Crippen LogP contribution in [0.3, 0.4) is 0 Å². The molecule has 0 radical (unpaired) electrons. The summed E-state index contributed by atoms with van der Waals surface area (Å²) in [6.07, 6.45) is 3.55. The molecule has 0 saturated heterocycles. The van der Waals surface area contributed by atoms with Crippen molar-refractivity contribution in [1.29, 1.82) is 0 Å². The zero-order chi connectivity index (χ0) is 11.3. The van der Waals surface area contributed by atoms with Gasteiger partial charge in [0.15, 0.2) is 5.11 Å². The zero-order valence-corrected chi connectivity index (χ0v) is 10.7. The molecule has 15 heavy (non-hydrogen) atoms. The Morgan fingerprint density at radius 1 is 1.40 bits per heavy atom. The lowest BCUT2D eigenvalue weighted by Crippen LogP contribution is -2.51. The Balaban J connectivity index is 2.16. The van der Waals surface area contributed by atoms with Gasteiger partial charge in [0.25, 0.3) is 0 Å². The van der Waals surface area contributed by atoms with Crippen LogP contribution < -0.4 is 10.6 Å². The number of hydrogen-bond acceptors (Lipinski definition) is 2. The average molecular weight is 230 g/mol. The smallest absolute Gasteiger partial charge is 0.166 e. The van der Waals surface area contributed by atoms with Crippen LogP contribution in [0, 0.1) is 5.92 Å². The molecule has 0 unspecified atom stereocenters. The molecule has 1 fully saturated rings. The van der Waals surface area contributed by atoms with Gasteiger partial charge in [-0.2, -0.15) is 0 Å². The van der Waals surface area contributed by atoms with E-state index in [0.29, 0.717) is 5.92 Å². The second kappa shape index (κ2) is 5.66. The fraction of sp³-hybridized carbons (Fsp3) is 0.909. The van der Waals surface area contributed by atoms with Gasteiger partial charge in [0.1, 0.15) is 0 Å². The SMILES string of the molecule is COC1(CNC(=S)NCC(C)C)CCC1. The van der Waals surface area contributed by atoms with E-state index in [2.05, 4.69) is 24.5 Å². The molecular formula is C11H22N2OS. The van der Waals surface area contributed by atoms with Gasteiger partial charge >= 0.3 is 0 Å².